The minimum absolute atomic E-state index is 0.243. The third kappa shape index (κ3) is 4.44. The van der Waals surface area contributed by atoms with E-state index in [0.717, 1.165) is 11.3 Å². The molecule has 10 heteroatoms. The molecule has 0 aliphatic carbocycles. The first kappa shape index (κ1) is 19.5. The monoisotopic (exact) mass is 422 g/mol. The van der Waals surface area contributed by atoms with Crippen LogP contribution in [0.2, 0.25) is 0 Å². The standard InChI is InChI=1S/C20H18N6O3S/c1-28-18-7-14(4-5-17(18)29-9-16-10-30-13-24-16)20(27)23-8-15-3-2-6-22-19(15)26-12-21-11-25-26/h2-7,10-13H,8-9H2,1H3,(H,23,27). The first-order valence-electron chi connectivity index (χ1n) is 8.99. The number of methoxy groups -OCH3 is 1. The van der Waals surface area contributed by atoms with Crippen molar-refractivity contribution in [2.75, 3.05) is 7.11 Å². The van der Waals surface area contributed by atoms with Crippen molar-refractivity contribution in [2.45, 2.75) is 13.2 Å². The molecule has 0 atom stereocenters. The quantitative estimate of drug-likeness (QED) is 0.465. The average Bonchev–Trinajstić information content (AvgIpc) is 3.50. The highest BCUT2D eigenvalue weighted by Crippen LogP contribution is 2.29. The van der Waals surface area contributed by atoms with Crippen molar-refractivity contribution in [3.8, 4) is 17.3 Å². The van der Waals surface area contributed by atoms with Crippen molar-refractivity contribution < 1.29 is 14.3 Å². The van der Waals surface area contributed by atoms with Crippen LogP contribution in [0.5, 0.6) is 11.5 Å². The van der Waals surface area contributed by atoms with Gasteiger partial charge in [-0.15, -0.1) is 11.3 Å². The van der Waals surface area contributed by atoms with Gasteiger partial charge in [0.05, 0.1) is 18.3 Å². The van der Waals surface area contributed by atoms with Crippen LogP contribution in [-0.4, -0.2) is 37.7 Å². The molecule has 152 valence electrons. The molecule has 30 heavy (non-hydrogen) atoms. The molecular weight excluding hydrogens is 404 g/mol. The number of amides is 1. The molecule has 0 radical (unpaired) electrons. The highest BCUT2D eigenvalue weighted by atomic mass is 32.1. The summed E-state index contributed by atoms with van der Waals surface area (Å²) in [7, 11) is 1.53. The van der Waals surface area contributed by atoms with Crippen LogP contribution < -0.4 is 14.8 Å². The number of pyridine rings is 1. The number of benzene rings is 1. The fourth-order valence-electron chi connectivity index (χ4n) is 2.76. The van der Waals surface area contributed by atoms with E-state index in [1.54, 1.807) is 47.0 Å². The lowest BCUT2D eigenvalue weighted by Crippen LogP contribution is -2.24. The Bertz CT molecular complexity index is 1120. The number of ether oxygens (including phenoxy) is 2. The first-order chi connectivity index (χ1) is 14.7. The molecule has 0 spiro atoms. The van der Waals surface area contributed by atoms with Gasteiger partial charge in [-0.25, -0.2) is 19.6 Å². The van der Waals surface area contributed by atoms with E-state index in [2.05, 4.69) is 25.4 Å². The third-order valence-corrected chi connectivity index (χ3v) is 4.86. The second-order valence-corrected chi connectivity index (χ2v) is 6.86. The number of aromatic nitrogens is 5. The summed E-state index contributed by atoms with van der Waals surface area (Å²) in [6.07, 6.45) is 4.65. The van der Waals surface area contributed by atoms with Gasteiger partial charge in [-0.3, -0.25) is 4.79 Å². The van der Waals surface area contributed by atoms with Gasteiger partial charge in [0.1, 0.15) is 19.3 Å². The Morgan fingerprint density at radius 2 is 2.17 bits per heavy atom. The van der Waals surface area contributed by atoms with Gasteiger partial charge in [-0.05, 0) is 24.3 Å². The van der Waals surface area contributed by atoms with Gasteiger partial charge >= 0.3 is 0 Å². The fourth-order valence-corrected chi connectivity index (χ4v) is 3.30. The van der Waals surface area contributed by atoms with Gasteiger partial charge in [-0.2, -0.15) is 5.10 Å². The number of nitrogens with zero attached hydrogens (tertiary/aromatic N) is 5. The Labute approximate surface area is 176 Å². The molecule has 0 unspecified atom stereocenters. The second kappa shape index (κ2) is 9.14. The van der Waals surface area contributed by atoms with Gasteiger partial charge in [0, 0.05) is 29.2 Å². The number of carbonyl (C=O) groups excluding carboxylic acids is 1. The summed E-state index contributed by atoms with van der Waals surface area (Å²) in [6, 6.07) is 8.73. The Morgan fingerprint density at radius 3 is 2.93 bits per heavy atom. The summed E-state index contributed by atoms with van der Waals surface area (Å²) in [5, 5.41) is 8.91. The number of rotatable bonds is 8. The van der Waals surface area contributed by atoms with E-state index in [4.69, 9.17) is 9.47 Å². The van der Waals surface area contributed by atoms with Crippen molar-refractivity contribution in [3.05, 3.63) is 76.9 Å². The number of carbonyl (C=O) groups is 1. The second-order valence-electron chi connectivity index (χ2n) is 6.14. The van der Waals surface area contributed by atoms with Crippen LogP contribution in [0.1, 0.15) is 21.6 Å². The van der Waals surface area contributed by atoms with Gasteiger partial charge in [0.15, 0.2) is 17.3 Å². The molecule has 4 rings (SSSR count). The smallest absolute Gasteiger partial charge is 0.251 e. The molecule has 4 aromatic rings. The van der Waals surface area contributed by atoms with E-state index in [0.29, 0.717) is 29.5 Å². The summed E-state index contributed by atoms with van der Waals surface area (Å²) >= 11 is 1.51. The third-order valence-electron chi connectivity index (χ3n) is 4.23. The van der Waals surface area contributed by atoms with Gasteiger partial charge in [-0.1, -0.05) is 6.07 Å². The van der Waals surface area contributed by atoms with Gasteiger partial charge in [0.2, 0.25) is 0 Å². The normalized spacial score (nSPS) is 10.6. The number of hydrogen-bond acceptors (Lipinski definition) is 8. The molecule has 9 nitrogen and oxygen atoms in total. The van der Waals surface area contributed by atoms with Crippen molar-refractivity contribution in [1.82, 2.24) is 30.0 Å². The summed E-state index contributed by atoms with van der Waals surface area (Å²) in [5.74, 6) is 1.39. The SMILES string of the molecule is COc1cc(C(=O)NCc2cccnc2-n2cncn2)ccc1OCc1cscn1. The zero-order valence-corrected chi connectivity index (χ0v) is 16.9. The lowest BCUT2D eigenvalue weighted by molar-refractivity contribution is 0.0950. The maximum atomic E-state index is 12.7. The molecular formula is C20H18N6O3S. The topological polar surface area (TPSA) is 104 Å². The van der Waals surface area contributed by atoms with Crippen molar-refractivity contribution >= 4 is 17.2 Å². The maximum Gasteiger partial charge on any atom is 0.251 e. The van der Waals surface area contributed by atoms with Crippen molar-refractivity contribution in [3.63, 3.8) is 0 Å². The highest BCUT2D eigenvalue weighted by molar-refractivity contribution is 7.07. The van der Waals surface area contributed by atoms with E-state index in [9.17, 15) is 4.79 Å². The lowest BCUT2D eigenvalue weighted by Gasteiger charge is -2.12. The highest BCUT2D eigenvalue weighted by Gasteiger charge is 2.13. The zero-order valence-electron chi connectivity index (χ0n) is 16.1. The van der Waals surface area contributed by atoms with E-state index in [-0.39, 0.29) is 12.5 Å². The number of nitrogens with one attached hydrogen (secondary N) is 1. The van der Waals surface area contributed by atoms with Crippen LogP contribution in [0.15, 0.2) is 60.1 Å². The van der Waals surface area contributed by atoms with Crippen LogP contribution in [-0.2, 0) is 13.2 Å². The molecule has 0 fully saturated rings. The van der Waals surface area contributed by atoms with E-state index in [1.165, 1.54) is 24.8 Å². The van der Waals surface area contributed by atoms with Crippen LogP contribution in [0.25, 0.3) is 5.82 Å². The van der Waals surface area contributed by atoms with Crippen molar-refractivity contribution in [1.29, 1.82) is 0 Å². The predicted octanol–water partition coefficient (Wildman–Crippen LogP) is 2.64. The summed E-state index contributed by atoms with van der Waals surface area (Å²) < 4.78 is 12.7. The van der Waals surface area contributed by atoms with Gasteiger partial charge in [0.25, 0.3) is 5.91 Å². The summed E-state index contributed by atoms with van der Waals surface area (Å²) in [6.45, 7) is 0.615. The largest absolute Gasteiger partial charge is 0.493 e. The Kier molecular flexibility index (Phi) is 5.95. The molecule has 1 amide bonds. The molecule has 0 aliphatic heterocycles. The average molecular weight is 422 g/mol. The van der Waals surface area contributed by atoms with E-state index >= 15 is 0 Å². The van der Waals surface area contributed by atoms with Crippen molar-refractivity contribution in [2.24, 2.45) is 0 Å². The van der Waals surface area contributed by atoms with E-state index < -0.39 is 0 Å². The first-order valence-corrected chi connectivity index (χ1v) is 9.94. The minimum Gasteiger partial charge on any atom is -0.493 e. The summed E-state index contributed by atoms with van der Waals surface area (Å²) in [4.78, 5) is 25.1. The maximum absolute atomic E-state index is 12.7. The number of hydrogen-bond donors (Lipinski definition) is 1. The lowest BCUT2D eigenvalue weighted by atomic mass is 10.1. The Hall–Kier alpha value is -3.79. The van der Waals surface area contributed by atoms with E-state index in [1.807, 2.05) is 11.4 Å². The molecule has 0 saturated carbocycles. The Morgan fingerprint density at radius 1 is 1.23 bits per heavy atom. The molecule has 3 heterocycles. The molecule has 1 N–H and O–H groups in total. The molecule has 0 saturated heterocycles. The Balaban J connectivity index is 1.44. The zero-order chi connectivity index (χ0) is 20.8. The molecule has 3 aromatic heterocycles. The molecule has 0 aliphatic rings. The predicted molar refractivity (Wildman–Crippen MR) is 110 cm³/mol. The summed E-state index contributed by atoms with van der Waals surface area (Å²) in [5.41, 5.74) is 3.86. The van der Waals surface area contributed by atoms with Gasteiger partial charge < -0.3 is 14.8 Å². The van der Waals surface area contributed by atoms with Crippen LogP contribution in [0.3, 0.4) is 0 Å². The molecule has 0 bridgehead atoms. The van der Waals surface area contributed by atoms with Crippen LogP contribution in [0, 0.1) is 0 Å². The van der Waals surface area contributed by atoms with Crippen LogP contribution in [0.4, 0.5) is 0 Å². The van der Waals surface area contributed by atoms with Crippen LogP contribution >= 0.6 is 11.3 Å². The minimum atomic E-state index is -0.243. The molecule has 1 aromatic carbocycles. The fraction of sp³-hybridized carbons (Fsp3) is 0.150. The number of thiazole rings is 1.